The normalized spacial score (nSPS) is 53.0. The predicted molar refractivity (Wildman–Crippen MR) is 131 cm³/mol. The van der Waals surface area contributed by atoms with Crippen LogP contribution < -0.4 is 0 Å². The topological polar surface area (TPSA) is 54.4 Å². The highest BCUT2D eigenvalue weighted by Gasteiger charge is 2.71. The standard InChI is InChI=1S/C30H46O3/c1-18(2)24-20(32)16-30(17-31)15-14-28(6)19(25(24)30)8-9-22-27(5)12-11-23(33)26(3,4)21(27)10-13-29(22,28)7/h19,21-22,24-25,31H,1,8-17H2,2-7H3. The van der Waals surface area contributed by atoms with Gasteiger partial charge in [0.25, 0.3) is 0 Å². The fourth-order valence-corrected chi connectivity index (χ4v) is 11.2. The minimum Gasteiger partial charge on any atom is -0.396 e. The van der Waals surface area contributed by atoms with E-state index >= 15 is 0 Å². The zero-order chi connectivity index (χ0) is 24.2. The fraction of sp³-hybridized carbons (Fsp3) is 0.867. The summed E-state index contributed by atoms with van der Waals surface area (Å²) in [4.78, 5) is 26.1. The van der Waals surface area contributed by atoms with Crippen molar-refractivity contribution >= 4 is 11.6 Å². The van der Waals surface area contributed by atoms with Gasteiger partial charge in [0.1, 0.15) is 11.6 Å². The smallest absolute Gasteiger partial charge is 0.140 e. The lowest BCUT2D eigenvalue weighted by atomic mass is 9.32. The van der Waals surface area contributed by atoms with Crippen LogP contribution in [0, 0.1) is 56.7 Å². The molecule has 0 aromatic rings. The Labute approximate surface area is 201 Å². The molecule has 1 N–H and O–H groups in total. The van der Waals surface area contributed by atoms with Crippen molar-refractivity contribution in [1.82, 2.24) is 0 Å². The highest BCUT2D eigenvalue weighted by Crippen LogP contribution is 2.77. The average Bonchev–Trinajstić information content (AvgIpc) is 3.04. The van der Waals surface area contributed by atoms with Gasteiger partial charge in [-0.1, -0.05) is 46.8 Å². The fourth-order valence-electron chi connectivity index (χ4n) is 11.2. The van der Waals surface area contributed by atoms with Crippen LogP contribution in [0.25, 0.3) is 0 Å². The maximum Gasteiger partial charge on any atom is 0.140 e. The summed E-state index contributed by atoms with van der Waals surface area (Å²) >= 11 is 0. The summed E-state index contributed by atoms with van der Waals surface area (Å²) in [6.45, 7) is 18.5. The molecule has 0 aromatic carbocycles. The molecule has 3 nitrogen and oxygen atoms in total. The molecule has 0 spiro atoms. The SMILES string of the molecule is C=C(C)C1C(=O)CC2(CO)CCC3(C)C(CCC4C5(C)CCC(=O)C(C)(C)C5CCC43C)C12. The van der Waals surface area contributed by atoms with Crippen LogP contribution in [0.15, 0.2) is 12.2 Å². The number of allylic oxidation sites excluding steroid dienone is 1. The van der Waals surface area contributed by atoms with Crippen molar-refractivity contribution in [2.45, 2.75) is 99.3 Å². The number of aliphatic hydroxyl groups is 1. The van der Waals surface area contributed by atoms with Crippen LogP contribution in [0.5, 0.6) is 0 Å². The highest BCUT2D eigenvalue weighted by molar-refractivity contribution is 5.87. The lowest BCUT2D eigenvalue weighted by Gasteiger charge is -2.72. The molecular formula is C30H46O3. The van der Waals surface area contributed by atoms with E-state index < -0.39 is 0 Å². The zero-order valence-corrected chi connectivity index (χ0v) is 21.9. The van der Waals surface area contributed by atoms with Crippen LogP contribution >= 0.6 is 0 Å². The van der Waals surface area contributed by atoms with Gasteiger partial charge in [-0.05, 0) is 91.8 Å². The molecule has 5 aliphatic carbocycles. The Bertz CT molecular complexity index is 902. The lowest BCUT2D eigenvalue weighted by Crippen LogP contribution is -2.66. The van der Waals surface area contributed by atoms with Crippen LogP contribution in [0.4, 0.5) is 0 Å². The van der Waals surface area contributed by atoms with Crippen molar-refractivity contribution in [2.24, 2.45) is 56.7 Å². The van der Waals surface area contributed by atoms with Crippen molar-refractivity contribution in [3.63, 3.8) is 0 Å². The molecule has 5 rings (SSSR count). The van der Waals surface area contributed by atoms with Crippen LogP contribution in [-0.2, 0) is 9.59 Å². The molecule has 9 unspecified atom stereocenters. The molecule has 5 saturated carbocycles. The Morgan fingerprint density at radius 3 is 2.27 bits per heavy atom. The third kappa shape index (κ3) is 2.72. The summed E-state index contributed by atoms with van der Waals surface area (Å²) in [5.74, 6) is 2.50. The molecule has 5 fully saturated rings. The van der Waals surface area contributed by atoms with E-state index in [1.54, 1.807) is 0 Å². The van der Waals surface area contributed by atoms with Gasteiger partial charge in [0.2, 0.25) is 0 Å². The molecule has 0 radical (unpaired) electrons. The second kappa shape index (κ2) is 7.05. The lowest BCUT2D eigenvalue weighted by molar-refractivity contribution is -0.236. The molecule has 0 aliphatic heterocycles. The Balaban J connectivity index is 1.57. The van der Waals surface area contributed by atoms with Crippen molar-refractivity contribution in [1.29, 1.82) is 0 Å². The van der Waals surface area contributed by atoms with Crippen molar-refractivity contribution in [2.75, 3.05) is 6.61 Å². The van der Waals surface area contributed by atoms with Crippen molar-refractivity contribution in [3.8, 4) is 0 Å². The van der Waals surface area contributed by atoms with E-state index in [4.69, 9.17) is 0 Å². The predicted octanol–water partition coefficient (Wildman–Crippen LogP) is 6.38. The molecule has 9 atom stereocenters. The van der Waals surface area contributed by atoms with Gasteiger partial charge >= 0.3 is 0 Å². The summed E-state index contributed by atoms with van der Waals surface area (Å²) < 4.78 is 0. The van der Waals surface area contributed by atoms with E-state index in [1.165, 1.54) is 12.8 Å². The summed E-state index contributed by atoms with van der Waals surface area (Å²) in [5.41, 5.74) is 1.13. The molecule has 0 amide bonds. The number of ketones is 2. The second-order valence-corrected chi connectivity index (χ2v) is 14.3. The minimum absolute atomic E-state index is 0.0833. The first-order valence-corrected chi connectivity index (χ1v) is 13.6. The van der Waals surface area contributed by atoms with Gasteiger partial charge in [-0.2, -0.15) is 0 Å². The number of hydrogen-bond donors (Lipinski definition) is 1. The van der Waals surface area contributed by atoms with Crippen LogP contribution in [0.3, 0.4) is 0 Å². The quantitative estimate of drug-likeness (QED) is 0.492. The number of rotatable bonds is 2. The molecule has 0 bridgehead atoms. The Morgan fingerprint density at radius 1 is 0.939 bits per heavy atom. The van der Waals surface area contributed by atoms with Gasteiger partial charge in [0.05, 0.1) is 0 Å². The first kappa shape index (κ1) is 23.8. The highest BCUT2D eigenvalue weighted by atomic mass is 16.3. The minimum atomic E-state index is -0.242. The number of carbonyl (C=O) groups is 2. The van der Waals surface area contributed by atoms with Crippen LogP contribution in [0.2, 0.25) is 0 Å². The maximum absolute atomic E-state index is 13.2. The van der Waals surface area contributed by atoms with Crippen molar-refractivity contribution in [3.05, 3.63) is 12.2 Å². The number of fused-ring (bicyclic) bond motifs is 7. The van der Waals surface area contributed by atoms with Gasteiger partial charge in [0, 0.05) is 36.2 Å². The largest absolute Gasteiger partial charge is 0.396 e. The van der Waals surface area contributed by atoms with E-state index in [-0.39, 0.29) is 45.5 Å². The molecule has 5 aliphatic rings. The van der Waals surface area contributed by atoms with E-state index in [0.29, 0.717) is 35.7 Å². The molecule has 184 valence electrons. The molecule has 0 saturated heterocycles. The monoisotopic (exact) mass is 454 g/mol. The number of Topliss-reactive ketones (excluding diaryl/α,β-unsaturated/α-hetero) is 2. The Kier molecular flexibility index (Phi) is 5.08. The number of carbonyl (C=O) groups excluding carboxylic acids is 2. The van der Waals surface area contributed by atoms with Gasteiger partial charge in [-0.3, -0.25) is 9.59 Å². The van der Waals surface area contributed by atoms with E-state index in [1.807, 2.05) is 6.92 Å². The maximum atomic E-state index is 13.2. The Hall–Kier alpha value is -0.960. The molecule has 0 aromatic heterocycles. The third-order valence-corrected chi connectivity index (χ3v) is 13.0. The Morgan fingerprint density at radius 2 is 1.64 bits per heavy atom. The van der Waals surface area contributed by atoms with E-state index in [9.17, 15) is 14.7 Å². The molecular weight excluding hydrogens is 408 g/mol. The number of hydrogen-bond acceptors (Lipinski definition) is 3. The van der Waals surface area contributed by atoms with Gasteiger partial charge in [-0.25, -0.2) is 0 Å². The molecule has 3 heteroatoms. The second-order valence-electron chi connectivity index (χ2n) is 14.3. The van der Waals surface area contributed by atoms with Crippen LogP contribution in [-0.4, -0.2) is 23.3 Å². The van der Waals surface area contributed by atoms with Gasteiger partial charge in [0.15, 0.2) is 0 Å². The van der Waals surface area contributed by atoms with Gasteiger partial charge in [-0.15, -0.1) is 0 Å². The first-order valence-electron chi connectivity index (χ1n) is 13.6. The number of aliphatic hydroxyl groups excluding tert-OH is 1. The summed E-state index contributed by atoms with van der Waals surface area (Å²) in [6, 6.07) is 0. The van der Waals surface area contributed by atoms with E-state index in [2.05, 4.69) is 41.2 Å². The molecule has 0 heterocycles. The van der Waals surface area contributed by atoms with E-state index in [0.717, 1.165) is 44.1 Å². The first-order chi connectivity index (χ1) is 15.3. The summed E-state index contributed by atoms with van der Waals surface area (Å²) in [7, 11) is 0. The van der Waals surface area contributed by atoms with Crippen molar-refractivity contribution < 1.29 is 14.7 Å². The molecule has 33 heavy (non-hydrogen) atoms. The van der Waals surface area contributed by atoms with Crippen LogP contribution in [0.1, 0.15) is 99.3 Å². The average molecular weight is 455 g/mol. The summed E-state index contributed by atoms with van der Waals surface area (Å²) in [5, 5.41) is 10.6. The van der Waals surface area contributed by atoms with Gasteiger partial charge < -0.3 is 5.11 Å². The third-order valence-electron chi connectivity index (χ3n) is 13.0. The zero-order valence-electron chi connectivity index (χ0n) is 21.9. The summed E-state index contributed by atoms with van der Waals surface area (Å²) in [6.07, 6.45) is 9.06.